The molecule has 1 unspecified atom stereocenters. The zero-order valence-corrected chi connectivity index (χ0v) is 12.8. The van der Waals surface area contributed by atoms with E-state index in [-0.39, 0.29) is 17.9 Å². The van der Waals surface area contributed by atoms with Gasteiger partial charge in [-0.3, -0.25) is 4.99 Å². The Morgan fingerprint density at radius 2 is 2.12 bits per heavy atom. The highest BCUT2D eigenvalue weighted by Crippen LogP contribution is 2.16. The van der Waals surface area contributed by atoms with Gasteiger partial charge < -0.3 is 20.6 Å². The van der Waals surface area contributed by atoms with Gasteiger partial charge in [0.15, 0.2) is 0 Å². The van der Waals surface area contributed by atoms with Crippen LogP contribution in [0.25, 0.3) is 0 Å². The molecule has 1 atom stereocenters. The quantitative estimate of drug-likeness (QED) is 0.585. The van der Waals surface area contributed by atoms with Gasteiger partial charge in [0.25, 0.3) is 0 Å². The number of carbonyl (C=O) groups is 2. The summed E-state index contributed by atoms with van der Waals surface area (Å²) in [5, 5.41) is 29.9. The minimum atomic E-state index is -1.20. The molecule has 0 saturated carbocycles. The van der Waals surface area contributed by atoms with Crippen LogP contribution in [0.1, 0.15) is 12.0 Å². The van der Waals surface area contributed by atoms with Crippen LogP contribution in [0.15, 0.2) is 52.7 Å². The molecule has 7 nitrogen and oxygen atoms in total. The Labute approximate surface area is 138 Å². The van der Waals surface area contributed by atoms with E-state index in [1.165, 1.54) is 6.08 Å². The highest BCUT2D eigenvalue weighted by molar-refractivity contribution is 5.89. The topological polar surface area (TPSA) is 119 Å². The van der Waals surface area contributed by atoms with Crippen LogP contribution in [0, 0.1) is 0 Å². The van der Waals surface area contributed by atoms with Crippen LogP contribution in [0.2, 0.25) is 0 Å². The molecule has 0 aliphatic carbocycles. The number of nitrogens with one attached hydrogen (secondary N) is 1. The van der Waals surface area contributed by atoms with Gasteiger partial charge in [-0.05, 0) is 41.8 Å². The molecule has 0 spiro atoms. The maximum Gasteiger partial charge on any atom is 0.351 e. The normalized spacial score (nSPS) is 19.1. The van der Waals surface area contributed by atoms with Gasteiger partial charge in [0.05, 0.1) is 0 Å². The summed E-state index contributed by atoms with van der Waals surface area (Å²) in [7, 11) is 0. The Kier molecular flexibility index (Phi) is 5.73. The summed E-state index contributed by atoms with van der Waals surface area (Å²) in [6.07, 6.45) is 5.40. The summed E-state index contributed by atoms with van der Waals surface area (Å²) >= 11 is 0. The molecule has 0 amide bonds. The first-order chi connectivity index (χ1) is 11.5. The first-order valence-corrected chi connectivity index (χ1v) is 7.37. The van der Waals surface area contributed by atoms with Gasteiger partial charge in [0.2, 0.25) is 0 Å². The van der Waals surface area contributed by atoms with E-state index in [9.17, 15) is 14.7 Å². The molecule has 1 aliphatic heterocycles. The number of phenolic OH excluding ortho intramolecular Hbond substituents is 1. The monoisotopic (exact) mass is 330 g/mol. The van der Waals surface area contributed by atoms with E-state index in [1.807, 2.05) is 6.07 Å². The van der Waals surface area contributed by atoms with Crippen molar-refractivity contribution in [1.29, 1.82) is 0 Å². The highest BCUT2D eigenvalue weighted by atomic mass is 16.4. The number of hydrogen-bond acceptors (Lipinski definition) is 5. The van der Waals surface area contributed by atoms with Crippen molar-refractivity contribution in [2.75, 3.05) is 6.54 Å². The Morgan fingerprint density at radius 3 is 2.79 bits per heavy atom. The smallest absolute Gasteiger partial charge is 0.351 e. The zero-order chi connectivity index (χ0) is 17.5. The molecule has 2 rings (SSSR count). The van der Waals surface area contributed by atoms with Crippen LogP contribution < -0.4 is 5.32 Å². The molecule has 1 aromatic rings. The van der Waals surface area contributed by atoms with Gasteiger partial charge in [-0.1, -0.05) is 12.1 Å². The molecule has 1 aliphatic rings. The van der Waals surface area contributed by atoms with Crippen molar-refractivity contribution in [3.63, 3.8) is 0 Å². The second kappa shape index (κ2) is 7.96. The average Bonchev–Trinajstić information content (AvgIpc) is 2.54. The lowest BCUT2D eigenvalue weighted by molar-refractivity contribution is -0.139. The molecule has 1 aromatic carbocycles. The molecule has 0 saturated heterocycles. The largest absolute Gasteiger partial charge is 0.508 e. The second-order valence-electron chi connectivity index (χ2n) is 5.32. The molecule has 7 heteroatoms. The molecular formula is C17H18N2O5. The number of carboxylic acids is 2. The van der Waals surface area contributed by atoms with E-state index in [0.29, 0.717) is 18.5 Å². The summed E-state index contributed by atoms with van der Waals surface area (Å²) in [5.74, 6) is -2.10. The number of hydrogen-bond donors (Lipinski definition) is 4. The van der Waals surface area contributed by atoms with Crippen LogP contribution in [-0.4, -0.2) is 46.1 Å². The number of rotatable bonds is 6. The number of aromatic hydroxyl groups is 1. The average molecular weight is 330 g/mol. The first kappa shape index (κ1) is 17.3. The van der Waals surface area contributed by atoms with Crippen molar-refractivity contribution in [1.82, 2.24) is 5.32 Å². The number of carboxylic acid groups (broad SMARTS) is 2. The molecule has 4 N–H and O–H groups in total. The second-order valence-corrected chi connectivity index (χ2v) is 5.32. The molecule has 126 valence electrons. The molecule has 1 heterocycles. The fraction of sp³-hybridized carbons (Fsp3) is 0.235. The molecule has 24 heavy (non-hydrogen) atoms. The fourth-order valence-corrected chi connectivity index (χ4v) is 2.28. The Balaban J connectivity index is 1.97. The third kappa shape index (κ3) is 4.98. The van der Waals surface area contributed by atoms with Crippen molar-refractivity contribution < 1.29 is 24.9 Å². The molecule has 0 bridgehead atoms. The number of aliphatic carboxylic acids is 2. The Bertz CT molecular complexity index is 721. The van der Waals surface area contributed by atoms with Crippen LogP contribution in [0.5, 0.6) is 5.75 Å². The predicted octanol–water partition coefficient (Wildman–Crippen LogP) is 1.35. The van der Waals surface area contributed by atoms with Crippen LogP contribution >= 0.6 is 0 Å². The minimum absolute atomic E-state index is 0.145. The van der Waals surface area contributed by atoms with Gasteiger partial charge >= 0.3 is 11.9 Å². The molecule has 0 aromatic heterocycles. The van der Waals surface area contributed by atoms with Crippen LogP contribution in [-0.2, 0) is 16.0 Å². The lowest BCUT2D eigenvalue weighted by atomic mass is 10.00. The third-order valence-corrected chi connectivity index (χ3v) is 3.46. The van der Waals surface area contributed by atoms with Gasteiger partial charge in [0.1, 0.15) is 17.5 Å². The molecule has 0 radical (unpaired) electrons. The van der Waals surface area contributed by atoms with E-state index in [0.717, 1.165) is 5.56 Å². The predicted molar refractivity (Wildman–Crippen MR) is 88.1 cm³/mol. The maximum atomic E-state index is 11.1. The third-order valence-electron chi connectivity index (χ3n) is 3.46. The lowest BCUT2D eigenvalue weighted by Crippen LogP contribution is -2.41. The summed E-state index contributed by atoms with van der Waals surface area (Å²) in [5.41, 5.74) is 1.40. The Morgan fingerprint density at radius 1 is 1.33 bits per heavy atom. The first-order valence-electron chi connectivity index (χ1n) is 7.37. The van der Waals surface area contributed by atoms with Crippen molar-refractivity contribution in [2.24, 2.45) is 4.99 Å². The number of phenols is 1. The van der Waals surface area contributed by atoms with Crippen molar-refractivity contribution in [2.45, 2.75) is 18.9 Å². The van der Waals surface area contributed by atoms with E-state index in [2.05, 4.69) is 10.3 Å². The lowest BCUT2D eigenvalue weighted by Gasteiger charge is -2.21. The molecule has 0 fully saturated rings. The van der Waals surface area contributed by atoms with Gasteiger partial charge in [0, 0.05) is 19.2 Å². The van der Waals surface area contributed by atoms with E-state index < -0.39 is 18.0 Å². The zero-order valence-electron chi connectivity index (χ0n) is 12.8. The standard InChI is InChI=1S/C17H18N2O5/c20-13-3-1-2-11(8-13)4-6-18-7-5-12-9-14(16(21)22)19-15(10-12)17(23)24/h1-3,5,7-9,15,19-20H,4,6,10H2,(H,21,22)(H,23,24)/b12-5+,18-7?. The summed E-state index contributed by atoms with van der Waals surface area (Å²) in [6, 6.07) is 5.95. The van der Waals surface area contributed by atoms with Crippen molar-refractivity contribution in [3.8, 4) is 5.75 Å². The minimum Gasteiger partial charge on any atom is -0.508 e. The summed E-state index contributed by atoms with van der Waals surface area (Å²) in [4.78, 5) is 26.3. The van der Waals surface area contributed by atoms with Gasteiger partial charge in [-0.15, -0.1) is 0 Å². The number of aliphatic imine (C=N–C) groups is 1. The fourth-order valence-electron chi connectivity index (χ4n) is 2.28. The molecular weight excluding hydrogens is 312 g/mol. The van der Waals surface area contributed by atoms with E-state index in [4.69, 9.17) is 10.2 Å². The number of benzene rings is 1. The van der Waals surface area contributed by atoms with Crippen molar-refractivity contribution >= 4 is 18.2 Å². The van der Waals surface area contributed by atoms with E-state index in [1.54, 1.807) is 30.5 Å². The van der Waals surface area contributed by atoms with Crippen LogP contribution in [0.4, 0.5) is 0 Å². The van der Waals surface area contributed by atoms with Gasteiger partial charge in [-0.2, -0.15) is 0 Å². The SMILES string of the molecule is O=C(O)C1=C/C(=C\C=NCCc2cccc(O)c2)CC(C(=O)O)N1. The number of allylic oxidation sites excluding steroid dienone is 2. The van der Waals surface area contributed by atoms with E-state index >= 15 is 0 Å². The highest BCUT2D eigenvalue weighted by Gasteiger charge is 2.26. The number of nitrogens with zero attached hydrogens (tertiary/aromatic N) is 1. The summed E-state index contributed by atoms with van der Waals surface area (Å²) in [6.45, 7) is 0.503. The summed E-state index contributed by atoms with van der Waals surface area (Å²) < 4.78 is 0. The Hall–Kier alpha value is -3.09. The van der Waals surface area contributed by atoms with Crippen molar-refractivity contribution in [3.05, 3.63) is 53.3 Å². The van der Waals surface area contributed by atoms with Crippen LogP contribution in [0.3, 0.4) is 0 Å². The van der Waals surface area contributed by atoms with Gasteiger partial charge in [-0.25, -0.2) is 9.59 Å². The maximum absolute atomic E-state index is 11.1.